The number of nitroso groups, excluding NO2 is 1. The Labute approximate surface area is 178 Å². The average Bonchev–Trinajstić information content (AvgIpc) is 2.72. The molecule has 4 nitrogen and oxygen atoms in total. The van der Waals surface area contributed by atoms with E-state index in [1.54, 1.807) is 0 Å². The number of hydrogen-bond acceptors (Lipinski definition) is 4. The van der Waals surface area contributed by atoms with E-state index in [1.165, 1.54) is 56.3 Å². The summed E-state index contributed by atoms with van der Waals surface area (Å²) in [7, 11) is 0. The molecule has 162 valence electrons. The van der Waals surface area contributed by atoms with Crippen molar-refractivity contribution in [2.75, 3.05) is 37.6 Å². The standard InChI is InChI=1S/C25H41N3O/c1-5-6-13-27-14-16-28(17-15-27)24-18-20(19-26-29)7-12-23(24)21-8-10-22(11-9-21)25(2,3)4/h7,12,18,21-22H,5-6,8-11,13-17,19H2,1-4H3. The van der Waals surface area contributed by atoms with Gasteiger partial charge >= 0.3 is 0 Å². The van der Waals surface area contributed by atoms with Crippen molar-refractivity contribution in [3.63, 3.8) is 0 Å². The van der Waals surface area contributed by atoms with Gasteiger partial charge in [0.15, 0.2) is 0 Å². The fourth-order valence-electron chi connectivity index (χ4n) is 5.25. The van der Waals surface area contributed by atoms with Crippen LogP contribution in [0.1, 0.15) is 83.3 Å². The molecule has 1 saturated carbocycles. The fraction of sp³-hybridized carbons (Fsp3) is 0.760. The van der Waals surface area contributed by atoms with Crippen LogP contribution in [0.3, 0.4) is 0 Å². The van der Waals surface area contributed by atoms with Crippen LogP contribution in [0, 0.1) is 16.2 Å². The summed E-state index contributed by atoms with van der Waals surface area (Å²) in [6, 6.07) is 6.70. The first-order valence-electron chi connectivity index (χ1n) is 11.8. The summed E-state index contributed by atoms with van der Waals surface area (Å²) in [6.45, 7) is 15.4. The molecule has 2 aliphatic rings. The van der Waals surface area contributed by atoms with Crippen LogP contribution < -0.4 is 4.90 Å². The molecule has 0 unspecified atom stereocenters. The van der Waals surface area contributed by atoms with Crippen LogP contribution in [-0.2, 0) is 6.54 Å². The minimum atomic E-state index is 0.278. The highest BCUT2D eigenvalue weighted by atomic mass is 16.3. The van der Waals surface area contributed by atoms with Gasteiger partial charge in [-0.15, -0.1) is 0 Å². The Morgan fingerprint density at radius 1 is 1.03 bits per heavy atom. The smallest absolute Gasteiger partial charge is 0.106 e. The molecule has 1 aliphatic heterocycles. The van der Waals surface area contributed by atoms with Crippen molar-refractivity contribution >= 4 is 5.69 Å². The fourth-order valence-corrected chi connectivity index (χ4v) is 5.25. The lowest BCUT2D eigenvalue weighted by atomic mass is 9.68. The molecule has 0 N–H and O–H groups in total. The Balaban J connectivity index is 1.74. The van der Waals surface area contributed by atoms with Gasteiger partial charge in [0.1, 0.15) is 6.54 Å². The van der Waals surface area contributed by atoms with E-state index < -0.39 is 0 Å². The van der Waals surface area contributed by atoms with Gasteiger partial charge < -0.3 is 4.90 Å². The average molecular weight is 400 g/mol. The SMILES string of the molecule is CCCCN1CCN(c2cc(CN=O)ccc2C2CCC(C(C)(C)C)CC2)CC1. The number of anilines is 1. The van der Waals surface area contributed by atoms with Gasteiger partial charge in [0, 0.05) is 31.9 Å². The molecule has 29 heavy (non-hydrogen) atoms. The minimum Gasteiger partial charge on any atom is -0.369 e. The van der Waals surface area contributed by atoms with Gasteiger partial charge in [-0.05, 0) is 73.1 Å². The highest BCUT2D eigenvalue weighted by Crippen LogP contribution is 2.45. The molecule has 0 aromatic heterocycles. The molecule has 3 rings (SSSR count). The van der Waals surface area contributed by atoms with Crippen molar-refractivity contribution in [2.45, 2.75) is 78.7 Å². The number of rotatable bonds is 7. The monoisotopic (exact) mass is 399 g/mol. The van der Waals surface area contributed by atoms with E-state index in [0.29, 0.717) is 11.3 Å². The summed E-state index contributed by atoms with van der Waals surface area (Å²) < 4.78 is 0. The first kappa shape index (κ1) is 22.3. The first-order valence-corrected chi connectivity index (χ1v) is 11.8. The van der Waals surface area contributed by atoms with Crippen LogP contribution >= 0.6 is 0 Å². The van der Waals surface area contributed by atoms with Crippen LogP contribution in [-0.4, -0.2) is 37.6 Å². The van der Waals surface area contributed by atoms with Crippen LogP contribution in [0.4, 0.5) is 5.69 Å². The van der Waals surface area contributed by atoms with Crippen molar-refractivity contribution in [1.82, 2.24) is 4.90 Å². The topological polar surface area (TPSA) is 35.9 Å². The minimum absolute atomic E-state index is 0.278. The Morgan fingerprint density at radius 3 is 2.31 bits per heavy atom. The summed E-state index contributed by atoms with van der Waals surface area (Å²) in [4.78, 5) is 16.0. The molecule has 1 aromatic carbocycles. The molecule has 0 atom stereocenters. The zero-order valence-electron chi connectivity index (χ0n) is 19.1. The summed E-state index contributed by atoms with van der Waals surface area (Å²) in [5.41, 5.74) is 4.35. The lowest BCUT2D eigenvalue weighted by Gasteiger charge is -2.40. The second-order valence-corrected chi connectivity index (χ2v) is 10.3. The molecule has 2 fully saturated rings. The third kappa shape index (κ3) is 5.81. The van der Waals surface area contributed by atoms with Crippen molar-refractivity contribution in [3.05, 3.63) is 34.2 Å². The van der Waals surface area contributed by atoms with E-state index in [9.17, 15) is 4.91 Å². The maximum absolute atomic E-state index is 10.9. The van der Waals surface area contributed by atoms with Gasteiger partial charge in [-0.3, -0.25) is 4.90 Å². The van der Waals surface area contributed by atoms with E-state index in [0.717, 1.165) is 37.7 Å². The van der Waals surface area contributed by atoms with Crippen LogP contribution in [0.15, 0.2) is 23.4 Å². The Kier molecular flexibility index (Phi) is 7.72. The van der Waals surface area contributed by atoms with Gasteiger partial charge in [-0.1, -0.05) is 51.4 Å². The Morgan fingerprint density at radius 2 is 1.72 bits per heavy atom. The molecule has 1 aromatic rings. The van der Waals surface area contributed by atoms with Gasteiger partial charge in [-0.25, -0.2) is 0 Å². The van der Waals surface area contributed by atoms with E-state index in [2.05, 4.69) is 60.9 Å². The van der Waals surface area contributed by atoms with Crippen LogP contribution in [0.5, 0.6) is 0 Å². The van der Waals surface area contributed by atoms with Crippen molar-refractivity contribution in [1.29, 1.82) is 0 Å². The van der Waals surface area contributed by atoms with Gasteiger partial charge in [0.2, 0.25) is 0 Å². The second-order valence-electron chi connectivity index (χ2n) is 10.3. The van der Waals surface area contributed by atoms with Crippen molar-refractivity contribution in [2.24, 2.45) is 16.5 Å². The second kappa shape index (κ2) is 10.1. The first-order chi connectivity index (χ1) is 13.9. The van der Waals surface area contributed by atoms with E-state index >= 15 is 0 Å². The largest absolute Gasteiger partial charge is 0.369 e. The molecule has 1 heterocycles. The summed E-state index contributed by atoms with van der Waals surface area (Å²) in [5, 5.41) is 3.14. The molecule has 0 bridgehead atoms. The number of nitrogens with zero attached hydrogens (tertiary/aromatic N) is 3. The summed E-state index contributed by atoms with van der Waals surface area (Å²) in [6.07, 6.45) is 7.80. The zero-order chi connectivity index (χ0) is 20.9. The molecule has 0 spiro atoms. The molecular formula is C25H41N3O. The maximum atomic E-state index is 10.9. The predicted octanol–water partition coefficient (Wildman–Crippen LogP) is 6.20. The Bertz CT molecular complexity index is 651. The summed E-state index contributed by atoms with van der Waals surface area (Å²) in [5.74, 6) is 1.49. The summed E-state index contributed by atoms with van der Waals surface area (Å²) >= 11 is 0. The van der Waals surface area contributed by atoms with Crippen LogP contribution in [0.25, 0.3) is 0 Å². The number of hydrogen-bond donors (Lipinski definition) is 0. The van der Waals surface area contributed by atoms with E-state index in [1.807, 2.05) is 0 Å². The van der Waals surface area contributed by atoms with Gasteiger partial charge in [-0.2, -0.15) is 4.91 Å². The van der Waals surface area contributed by atoms with E-state index in [4.69, 9.17) is 0 Å². The normalized spacial score (nSPS) is 23.9. The molecule has 1 aliphatic carbocycles. The molecule has 4 heteroatoms. The van der Waals surface area contributed by atoms with Crippen LogP contribution in [0.2, 0.25) is 0 Å². The van der Waals surface area contributed by atoms with Crippen molar-refractivity contribution < 1.29 is 0 Å². The molecule has 0 radical (unpaired) electrons. The zero-order valence-corrected chi connectivity index (χ0v) is 19.1. The number of benzene rings is 1. The maximum Gasteiger partial charge on any atom is 0.106 e. The Hall–Kier alpha value is -1.42. The molecular weight excluding hydrogens is 358 g/mol. The third-order valence-corrected chi connectivity index (χ3v) is 7.27. The predicted molar refractivity (Wildman–Crippen MR) is 124 cm³/mol. The quantitative estimate of drug-likeness (QED) is 0.512. The highest BCUT2D eigenvalue weighted by molar-refractivity contribution is 5.57. The number of unbranched alkanes of at least 4 members (excludes halogenated alkanes) is 1. The highest BCUT2D eigenvalue weighted by Gasteiger charge is 2.32. The van der Waals surface area contributed by atoms with Gasteiger partial charge in [0.05, 0.1) is 0 Å². The lowest BCUT2D eigenvalue weighted by Crippen LogP contribution is -2.47. The molecule has 0 amide bonds. The van der Waals surface area contributed by atoms with Gasteiger partial charge in [0.25, 0.3) is 0 Å². The number of piperazine rings is 1. The molecule has 1 saturated heterocycles. The van der Waals surface area contributed by atoms with E-state index in [-0.39, 0.29) is 6.54 Å². The van der Waals surface area contributed by atoms with Crippen molar-refractivity contribution in [3.8, 4) is 0 Å². The third-order valence-electron chi connectivity index (χ3n) is 7.27. The lowest BCUT2D eigenvalue weighted by molar-refractivity contribution is 0.169.